The van der Waals surface area contributed by atoms with Gasteiger partial charge in [0.2, 0.25) is 5.91 Å². The van der Waals surface area contributed by atoms with Crippen LogP contribution < -0.4 is 10.1 Å². The Balaban J connectivity index is 3.01. The van der Waals surface area contributed by atoms with Gasteiger partial charge < -0.3 is 15.2 Å². The molecule has 1 rings (SSSR count). The molecule has 8 heteroatoms. The summed E-state index contributed by atoms with van der Waals surface area (Å²) in [6, 6.07) is 2.63. The van der Waals surface area contributed by atoms with Crippen LogP contribution in [-0.2, 0) is 15.8 Å². The van der Waals surface area contributed by atoms with Gasteiger partial charge in [0.05, 0.1) is 12.7 Å². The maximum absolute atomic E-state index is 12.6. The summed E-state index contributed by atoms with van der Waals surface area (Å²) < 4.78 is 42.4. The number of carbonyl (C=O) groups excluding carboxylic acids is 1. The Morgan fingerprint density at radius 3 is 2.42 bits per heavy atom. The number of aliphatic carboxylic acids is 1. The first kappa shape index (κ1) is 14.8. The zero-order valence-electron chi connectivity index (χ0n) is 9.75. The van der Waals surface area contributed by atoms with Gasteiger partial charge in [0, 0.05) is 11.8 Å². The van der Waals surface area contributed by atoms with Crippen molar-refractivity contribution in [2.24, 2.45) is 0 Å². The van der Waals surface area contributed by atoms with E-state index in [9.17, 15) is 22.8 Å². The fourth-order valence-electron chi connectivity index (χ4n) is 1.30. The molecule has 0 aliphatic heterocycles. The molecule has 0 fully saturated rings. The zero-order valence-corrected chi connectivity index (χ0v) is 9.75. The third-order valence-electron chi connectivity index (χ3n) is 2.07. The molecule has 0 aromatic heterocycles. The summed E-state index contributed by atoms with van der Waals surface area (Å²) in [6.07, 6.45) is -5.43. The van der Waals surface area contributed by atoms with Crippen LogP contribution in [0.3, 0.4) is 0 Å². The number of hydrogen-bond donors (Lipinski definition) is 2. The maximum atomic E-state index is 12.6. The number of rotatable bonds is 4. The lowest BCUT2D eigenvalue weighted by atomic mass is 10.1. The molecule has 0 unspecified atom stereocenters. The SMILES string of the molecule is COc1cc(NC(=O)CC(=O)O)cc(C(F)(F)F)c1. The molecule has 0 bridgehead atoms. The first-order chi connectivity index (χ1) is 8.72. The maximum Gasteiger partial charge on any atom is 0.416 e. The van der Waals surface area contributed by atoms with E-state index >= 15 is 0 Å². The molecule has 0 saturated heterocycles. The predicted octanol–water partition coefficient (Wildman–Crippen LogP) is 2.13. The Morgan fingerprint density at radius 1 is 1.32 bits per heavy atom. The average molecular weight is 277 g/mol. The first-order valence-corrected chi connectivity index (χ1v) is 5.00. The Labute approximate surface area is 106 Å². The van der Waals surface area contributed by atoms with E-state index in [-0.39, 0.29) is 11.4 Å². The molecular weight excluding hydrogens is 267 g/mol. The highest BCUT2D eigenvalue weighted by Crippen LogP contribution is 2.34. The predicted molar refractivity (Wildman–Crippen MR) is 58.9 cm³/mol. The highest BCUT2D eigenvalue weighted by Gasteiger charge is 2.31. The Morgan fingerprint density at radius 2 is 1.95 bits per heavy atom. The summed E-state index contributed by atoms with van der Waals surface area (Å²) in [5, 5.41) is 10.4. The summed E-state index contributed by atoms with van der Waals surface area (Å²) in [4.78, 5) is 21.5. The van der Waals surface area contributed by atoms with Gasteiger partial charge in [-0.25, -0.2) is 0 Å². The number of amides is 1. The van der Waals surface area contributed by atoms with Crippen molar-refractivity contribution in [3.05, 3.63) is 23.8 Å². The number of carbonyl (C=O) groups is 2. The van der Waals surface area contributed by atoms with Crippen LogP contribution in [0.1, 0.15) is 12.0 Å². The number of carboxylic acids is 1. The van der Waals surface area contributed by atoms with Gasteiger partial charge in [0.1, 0.15) is 12.2 Å². The van der Waals surface area contributed by atoms with Crippen LogP contribution in [0.4, 0.5) is 18.9 Å². The third kappa shape index (κ3) is 4.49. The van der Waals surface area contributed by atoms with Gasteiger partial charge in [0.25, 0.3) is 0 Å². The minimum atomic E-state index is -4.60. The second-order valence-electron chi connectivity index (χ2n) is 3.57. The van der Waals surface area contributed by atoms with E-state index in [4.69, 9.17) is 5.11 Å². The molecule has 104 valence electrons. The topological polar surface area (TPSA) is 75.6 Å². The molecule has 1 aromatic rings. The van der Waals surface area contributed by atoms with Crippen molar-refractivity contribution < 1.29 is 32.6 Å². The highest BCUT2D eigenvalue weighted by molar-refractivity contribution is 6.01. The van der Waals surface area contributed by atoms with Crippen molar-refractivity contribution in [1.82, 2.24) is 0 Å². The van der Waals surface area contributed by atoms with Crippen molar-refractivity contribution in [2.75, 3.05) is 12.4 Å². The fraction of sp³-hybridized carbons (Fsp3) is 0.273. The molecule has 0 aliphatic rings. The lowest BCUT2D eigenvalue weighted by molar-refractivity contribution is -0.140. The molecule has 19 heavy (non-hydrogen) atoms. The average Bonchev–Trinajstić information content (AvgIpc) is 2.25. The van der Waals surface area contributed by atoms with Crippen LogP contribution in [0.25, 0.3) is 0 Å². The Kier molecular flexibility index (Phi) is 4.36. The molecule has 0 radical (unpaired) electrons. The third-order valence-corrected chi connectivity index (χ3v) is 2.07. The van der Waals surface area contributed by atoms with Gasteiger partial charge >= 0.3 is 12.1 Å². The molecule has 1 aromatic carbocycles. The summed E-state index contributed by atoms with van der Waals surface area (Å²) in [5.41, 5.74) is -1.18. The van der Waals surface area contributed by atoms with E-state index in [2.05, 4.69) is 10.1 Å². The molecule has 1 amide bonds. The first-order valence-electron chi connectivity index (χ1n) is 5.00. The molecule has 0 atom stereocenters. The van der Waals surface area contributed by atoms with Gasteiger partial charge in [-0.15, -0.1) is 0 Å². The van der Waals surface area contributed by atoms with Gasteiger partial charge in [-0.2, -0.15) is 13.2 Å². The number of alkyl halides is 3. The standard InChI is InChI=1S/C11H10F3NO4/c1-19-8-3-6(11(12,13)14)2-7(4-8)15-9(16)5-10(17)18/h2-4H,5H2,1H3,(H,15,16)(H,17,18). The van der Waals surface area contributed by atoms with Gasteiger partial charge in [0.15, 0.2) is 0 Å². The van der Waals surface area contributed by atoms with Gasteiger partial charge in [-0.1, -0.05) is 0 Å². The smallest absolute Gasteiger partial charge is 0.416 e. The van der Waals surface area contributed by atoms with Crippen LogP contribution in [0, 0.1) is 0 Å². The van der Waals surface area contributed by atoms with E-state index in [0.717, 1.165) is 12.1 Å². The summed E-state index contributed by atoms with van der Waals surface area (Å²) in [6.45, 7) is 0. The quantitative estimate of drug-likeness (QED) is 0.827. The van der Waals surface area contributed by atoms with Crippen LogP contribution in [-0.4, -0.2) is 24.1 Å². The van der Waals surface area contributed by atoms with E-state index in [0.29, 0.717) is 6.07 Å². The number of benzene rings is 1. The fourth-order valence-corrected chi connectivity index (χ4v) is 1.30. The molecule has 2 N–H and O–H groups in total. The minimum Gasteiger partial charge on any atom is -0.497 e. The van der Waals surface area contributed by atoms with Gasteiger partial charge in [-0.3, -0.25) is 9.59 Å². The van der Waals surface area contributed by atoms with Crippen molar-refractivity contribution in [2.45, 2.75) is 12.6 Å². The highest BCUT2D eigenvalue weighted by atomic mass is 19.4. The summed E-state index contributed by atoms with van der Waals surface area (Å²) >= 11 is 0. The van der Waals surface area contributed by atoms with Crippen LogP contribution in [0.15, 0.2) is 18.2 Å². The zero-order chi connectivity index (χ0) is 14.6. The van der Waals surface area contributed by atoms with Crippen LogP contribution in [0.2, 0.25) is 0 Å². The summed E-state index contributed by atoms with van der Waals surface area (Å²) in [5.74, 6) is -2.40. The van der Waals surface area contributed by atoms with Crippen molar-refractivity contribution in [3.63, 3.8) is 0 Å². The van der Waals surface area contributed by atoms with Gasteiger partial charge in [-0.05, 0) is 12.1 Å². The summed E-state index contributed by atoms with van der Waals surface area (Å²) in [7, 11) is 1.18. The minimum absolute atomic E-state index is 0.0968. The number of anilines is 1. The van der Waals surface area contributed by atoms with E-state index in [1.807, 2.05) is 0 Å². The number of halogens is 3. The second kappa shape index (κ2) is 5.59. The molecule has 5 nitrogen and oxygen atoms in total. The van der Waals surface area contributed by atoms with E-state index < -0.39 is 30.0 Å². The monoisotopic (exact) mass is 277 g/mol. The number of nitrogens with one attached hydrogen (secondary N) is 1. The molecule has 0 saturated carbocycles. The van der Waals surface area contributed by atoms with E-state index in [1.54, 1.807) is 0 Å². The molecule has 0 spiro atoms. The van der Waals surface area contributed by atoms with E-state index in [1.165, 1.54) is 7.11 Å². The van der Waals surface area contributed by atoms with Crippen molar-refractivity contribution >= 4 is 17.6 Å². The lowest BCUT2D eigenvalue weighted by Crippen LogP contribution is -2.16. The molecule has 0 heterocycles. The van der Waals surface area contributed by atoms with Crippen molar-refractivity contribution in [1.29, 1.82) is 0 Å². The number of carboxylic acid groups (broad SMARTS) is 1. The second-order valence-corrected chi connectivity index (χ2v) is 3.57. The number of hydrogen-bond acceptors (Lipinski definition) is 3. The molecule has 0 aliphatic carbocycles. The Hall–Kier alpha value is -2.25. The van der Waals surface area contributed by atoms with Crippen molar-refractivity contribution in [3.8, 4) is 5.75 Å². The van der Waals surface area contributed by atoms with Crippen LogP contribution >= 0.6 is 0 Å². The normalized spacial score (nSPS) is 10.9. The van der Waals surface area contributed by atoms with Crippen LogP contribution in [0.5, 0.6) is 5.75 Å². The lowest BCUT2D eigenvalue weighted by Gasteiger charge is -2.12. The Bertz CT molecular complexity index is 499. The number of methoxy groups -OCH3 is 1. The molecular formula is C11H10F3NO4. The largest absolute Gasteiger partial charge is 0.497 e. The number of ether oxygens (including phenoxy) is 1.